The first kappa shape index (κ1) is 17.9. The number of nitrogens with zero attached hydrogens (tertiary/aromatic N) is 2. The van der Waals surface area contributed by atoms with Gasteiger partial charge in [-0.3, -0.25) is 9.20 Å². The number of benzene rings is 1. The van der Waals surface area contributed by atoms with E-state index in [1.807, 2.05) is 19.9 Å². The third kappa shape index (κ3) is 3.15. The monoisotopic (exact) mass is 371 g/mol. The van der Waals surface area contributed by atoms with Crippen molar-refractivity contribution in [1.29, 1.82) is 0 Å². The van der Waals surface area contributed by atoms with Gasteiger partial charge >= 0.3 is 5.97 Å². The zero-order valence-electron chi connectivity index (χ0n) is 14.6. The minimum Gasteiger partial charge on any atom is -0.478 e. The molecule has 0 saturated carbocycles. The van der Waals surface area contributed by atoms with Crippen LogP contribution in [0.2, 0.25) is 5.15 Å². The summed E-state index contributed by atoms with van der Waals surface area (Å²) in [5.41, 5.74) is 2.93. The number of aromatic carboxylic acids is 1. The number of carbonyl (C=O) groups is 1. The molecule has 6 nitrogen and oxygen atoms in total. The van der Waals surface area contributed by atoms with Gasteiger partial charge in [0.1, 0.15) is 10.8 Å². The number of aromatic nitrogens is 2. The lowest BCUT2D eigenvalue weighted by Crippen LogP contribution is -2.21. The van der Waals surface area contributed by atoms with Gasteiger partial charge in [0, 0.05) is 17.4 Å². The quantitative estimate of drug-likeness (QED) is 0.681. The maximum atomic E-state index is 12.5. The highest BCUT2D eigenvalue weighted by Crippen LogP contribution is 2.26. The van der Waals surface area contributed by atoms with Crippen molar-refractivity contribution in [2.75, 3.05) is 5.32 Å². The van der Waals surface area contributed by atoms with Crippen LogP contribution in [0.25, 0.3) is 5.65 Å². The number of carboxylic acids is 1. The Kier molecular flexibility index (Phi) is 4.70. The summed E-state index contributed by atoms with van der Waals surface area (Å²) >= 11 is 6.11. The molecule has 0 fully saturated rings. The maximum absolute atomic E-state index is 12.5. The smallest absolute Gasteiger partial charge is 0.337 e. The van der Waals surface area contributed by atoms with Gasteiger partial charge in [-0.1, -0.05) is 23.7 Å². The normalized spacial score (nSPS) is 12.2. The van der Waals surface area contributed by atoms with Gasteiger partial charge in [0.15, 0.2) is 0 Å². The van der Waals surface area contributed by atoms with E-state index < -0.39 is 5.97 Å². The first-order valence-corrected chi connectivity index (χ1v) is 8.45. The lowest BCUT2D eigenvalue weighted by Gasteiger charge is -2.19. The molecule has 26 heavy (non-hydrogen) atoms. The number of halogens is 1. The van der Waals surface area contributed by atoms with E-state index in [9.17, 15) is 14.7 Å². The SMILES string of the molecule is Cc1cc([C@@H](C)Nc2ccccc2C(=O)O)c2nc(Cl)c(C)c(=O)n2c1. The average Bonchev–Trinajstić information content (AvgIpc) is 2.60. The first-order chi connectivity index (χ1) is 12.3. The molecule has 0 amide bonds. The fraction of sp³-hybridized carbons (Fsp3) is 0.211. The van der Waals surface area contributed by atoms with E-state index in [1.165, 1.54) is 10.5 Å². The number of fused-ring (bicyclic) bond motifs is 1. The number of aryl methyl sites for hydroxylation is 1. The first-order valence-electron chi connectivity index (χ1n) is 8.07. The zero-order valence-corrected chi connectivity index (χ0v) is 15.3. The molecular formula is C19H18ClN3O3. The molecule has 0 aliphatic carbocycles. The number of para-hydroxylation sites is 1. The lowest BCUT2D eigenvalue weighted by molar-refractivity contribution is 0.0698. The Bertz CT molecular complexity index is 1080. The minimum absolute atomic E-state index is 0.165. The molecule has 1 aromatic carbocycles. The molecule has 2 heterocycles. The van der Waals surface area contributed by atoms with Crippen LogP contribution in [0.15, 0.2) is 41.3 Å². The van der Waals surface area contributed by atoms with Gasteiger partial charge in [0.25, 0.3) is 5.56 Å². The van der Waals surface area contributed by atoms with E-state index >= 15 is 0 Å². The number of nitrogens with one attached hydrogen (secondary N) is 1. The molecule has 134 valence electrons. The van der Waals surface area contributed by atoms with Crippen LogP contribution in [-0.2, 0) is 0 Å². The van der Waals surface area contributed by atoms with Crippen LogP contribution in [0.5, 0.6) is 0 Å². The van der Waals surface area contributed by atoms with E-state index in [0.717, 1.165) is 11.1 Å². The summed E-state index contributed by atoms with van der Waals surface area (Å²) in [6.45, 7) is 5.40. The third-order valence-electron chi connectivity index (χ3n) is 4.25. The number of rotatable bonds is 4. The van der Waals surface area contributed by atoms with Gasteiger partial charge in [-0.15, -0.1) is 0 Å². The van der Waals surface area contributed by atoms with Gasteiger partial charge in [0.05, 0.1) is 17.2 Å². The van der Waals surface area contributed by atoms with Crippen LogP contribution in [0.1, 0.15) is 40.0 Å². The van der Waals surface area contributed by atoms with Gasteiger partial charge in [-0.25, -0.2) is 9.78 Å². The highest BCUT2D eigenvalue weighted by molar-refractivity contribution is 6.30. The van der Waals surface area contributed by atoms with Crippen molar-refractivity contribution < 1.29 is 9.90 Å². The summed E-state index contributed by atoms with van der Waals surface area (Å²) in [4.78, 5) is 28.3. The molecule has 0 unspecified atom stereocenters. The van der Waals surface area contributed by atoms with Crippen molar-refractivity contribution in [2.24, 2.45) is 0 Å². The summed E-state index contributed by atoms with van der Waals surface area (Å²) in [7, 11) is 0. The molecule has 0 aliphatic rings. The second-order valence-electron chi connectivity index (χ2n) is 6.22. The van der Waals surface area contributed by atoms with Crippen LogP contribution in [0.4, 0.5) is 5.69 Å². The number of pyridine rings is 1. The predicted molar refractivity (Wildman–Crippen MR) is 101 cm³/mol. The standard InChI is InChI=1S/C19H18ClN3O3/c1-10-8-14(17-22-16(20)11(2)18(24)23(17)9-10)12(3)21-15-7-5-4-6-13(15)19(25)26/h4-9,12,21H,1-3H3,(H,25,26)/t12-/m1/s1. The van der Waals surface area contributed by atoms with Crippen molar-refractivity contribution in [3.63, 3.8) is 0 Å². The summed E-state index contributed by atoms with van der Waals surface area (Å²) in [6.07, 6.45) is 1.72. The highest BCUT2D eigenvalue weighted by atomic mass is 35.5. The van der Waals surface area contributed by atoms with Gasteiger partial charge in [-0.05, 0) is 44.5 Å². The summed E-state index contributed by atoms with van der Waals surface area (Å²) in [6, 6.07) is 8.29. The molecule has 0 aliphatic heterocycles. The molecule has 2 N–H and O–H groups in total. The molecule has 0 spiro atoms. The van der Waals surface area contributed by atoms with Crippen LogP contribution < -0.4 is 10.9 Å². The van der Waals surface area contributed by atoms with E-state index in [2.05, 4.69) is 10.3 Å². The molecule has 0 bridgehead atoms. The van der Waals surface area contributed by atoms with Crippen molar-refractivity contribution in [3.05, 3.63) is 74.3 Å². The van der Waals surface area contributed by atoms with Crippen molar-refractivity contribution in [2.45, 2.75) is 26.8 Å². The van der Waals surface area contributed by atoms with Crippen LogP contribution >= 0.6 is 11.6 Å². The molecular weight excluding hydrogens is 354 g/mol. The maximum Gasteiger partial charge on any atom is 0.337 e. The Labute approximate surface area is 155 Å². The Morgan fingerprint density at radius 1 is 1.31 bits per heavy atom. The average molecular weight is 372 g/mol. The number of hydrogen-bond donors (Lipinski definition) is 2. The largest absolute Gasteiger partial charge is 0.478 e. The van der Waals surface area contributed by atoms with E-state index in [-0.39, 0.29) is 22.3 Å². The summed E-state index contributed by atoms with van der Waals surface area (Å²) in [5.74, 6) is -1.01. The Balaban J connectivity index is 2.14. The van der Waals surface area contributed by atoms with E-state index in [1.54, 1.807) is 31.3 Å². The van der Waals surface area contributed by atoms with E-state index in [4.69, 9.17) is 11.6 Å². The Morgan fingerprint density at radius 3 is 2.69 bits per heavy atom. The van der Waals surface area contributed by atoms with Gasteiger partial charge in [0.2, 0.25) is 0 Å². The fourth-order valence-corrected chi connectivity index (χ4v) is 3.06. The molecule has 3 rings (SSSR count). The van der Waals surface area contributed by atoms with Crippen LogP contribution in [0, 0.1) is 13.8 Å². The predicted octanol–water partition coefficient (Wildman–Crippen LogP) is 3.84. The molecule has 2 aromatic heterocycles. The fourth-order valence-electron chi connectivity index (χ4n) is 2.90. The highest BCUT2D eigenvalue weighted by Gasteiger charge is 2.17. The summed E-state index contributed by atoms with van der Waals surface area (Å²) < 4.78 is 1.48. The number of anilines is 1. The second-order valence-corrected chi connectivity index (χ2v) is 6.57. The zero-order chi connectivity index (χ0) is 19.0. The van der Waals surface area contributed by atoms with Crippen LogP contribution in [-0.4, -0.2) is 20.5 Å². The number of hydrogen-bond acceptors (Lipinski definition) is 4. The Morgan fingerprint density at radius 2 is 2.00 bits per heavy atom. The summed E-state index contributed by atoms with van der Waals surface area (Å²) in [5, 5.41) is 12.7. The molecule has 7 heteroatoms. The second kappa shape index (κ2) is 6.80. The molecule has 0 radical (unpaired) electrons. The van der Waals surface area contributed by atoms with Crippen molar-refractivity contribution in [1.82, 2.24) is 9.38 Å². The Hall–Kier alpha value is -2.86. The van der Waals surface area contributed by atoms with Crippen molar-refractivity contribution >= 4 is 28.9 Å². The third-order valence-corrected chi connectivity index (χ3v) is 4.62. The van der Waals surface area contributed by atoms with Crippen LogP contribution in [0.3, 0.4) is 0 Å². The van der Waals surface area contributed by atoms with E-state index in [0.29, 0.717) is 16.9 Å². The minimum atomic E-state index is -1.01. The number of carboxylic acid groups (broad SMARTS) is 1. The van der Waals surface area contributed by atoms with Gasteiger partial charge in [-0.2, -0.15) is 0 Å². The topological polar surface area (TPSA) is 83.7 Å². The lowest BCUT2D eigenvalue weighted by atomic mass is 10.1. The van der Waals surface area contributed by atoms with Gasteiger partial charge < -0.3 is 10.4 Å². The van der Waals surface area contributed by atoms with Crippen molar-refractivity contribution in [3.8, 4) is 0 Å². The molecule has 0 saturated heterocycles. The molecule has 3 aromatic rings. The molecule has 1 atom stereocenters.